The summed E-state index contributed by atoms with van der Waals surface area (Å²) in [6.07, 6.45) is 24.2. The molecule has 0 unspecified atom stereocenters. The van der Waals surface area contributed by atoms with Crippen LogP contribution in [-0.4, -0.2) is 0 Å². The number of unbranched alkanes of at least 4 members (excludes halogenated alkanes) is 2. The Bertz CT molecular complexity index is 298. The van der Waals surface area contributed by atoms with Crippen molar-refractivity contribution in [2.45, 2.75) is 84.0 Å². The molecule has 0 aromatic carbocycles. The van der Waals surface area contributed by atoms with Crippen molar-refractivity contribution in [1.82, 2.24) is 0 Å². The molecule has 0 amide bonds. The van der Waals surface area contributed by atoms with Gasteiger partial charge in [0.2, 0.25) is 0 Å². The maximum absolute atomic E-state index is 3.78. The molecule has 0 heteroatoms. The van der Waals surface area contributed by atoms with Crippen molar-refractivity contribution in [2.24, 2.45) is 23.7 Å². The first-order chi connectivity index (χ1) is 10.3. The number of hydrogen-bond donors (Lipinski definition) is 0. The Morgan fingerprint density at radius 3 is 2.05 bits per heavy atom. The average molecular weight is 289 g/mol. The van der Waals surface area contributed by atoms with Crippen molar-refractivity contribution in [2.75, 3.05) is 0 Å². The van der Waals surface area contributed by atoms with Crippen LogP contribution in [0.1, 0.15) is 84.0 Å². The van der Waals surface area contributed by atoms with Crippen LogP contribution in [0.5, 0.6) is 0 Å². The van der Waals surface area contributed by atoms with Crippen molar-refractivity contribution in [3.8, 4) is 0 Å². The third kappa shape index (κ3) is 5.64. The molecule has 0 radical (unpaired) electrons. The first-order valence-corrected chi connectivity index (χ1v) is 9.62. The second-order valence-corrected chi connectivity index (χ2v) is 7.57. The van der Waals surface area contributed by atoms with Gasteiger partial charge in [0.05, 0.1) is 0 Å². The molecule has 0 aromatic rings. The Balaban J connectivity index is 1.64. The third-order valence-electron chi connectivity index (χ3n) is 6.11. The van der Waals surface area contributed by atoms with Gasteiger partial charge in [-0.15, -0.1) is 0 Å². The van der Waals surface area contributed by atoms with Gasteiger partial charge in [0, 0.05) is 0 Å². The maximum atomic E-state index is 3.78. The summed E-state index contributed by atoms with van der Waals surface area (Å²) < 4.78 is 0. The summed E-state index contributed by atoms with van der Waals surface area (Å²) in [5.41, 5.74) is 0. The Kier molecular flexibility index (Phi) is 7.61. The van der Waals surface area contributed by atoms with E-state index in [1.54, 1.807) is 0 Å². The first kappa shape index (κ1) is 16.8. The molecule has 2 saturated carbocycles. The molecule has 2 fully saturated rings. The predicted octanol–water partition coefficient (Wildman–Crippen LogP) is 6.92. The summed E-state index contributed by atoms with van der Waals surface area (Å²) in [7, 11) is 0. The normalized spacial score (nSPS) is 34.1. The summed E-state index contributed by atoms with van der Waals surface area (Å²) in [5.74, 6) is 4.02. The molecule has 0 aromatic heterocycles. The number of hydrogen-bond acceptors (Lipinski definition) is 0. The second kappa shape index (κ2) is 9.49. The zero-order valence-corrected chi connectivity index (χ0v) is 14.2. The lowest BCUT2D eigenvalue weighted by molar-refractivity contribution is 0.151. The van der Waals surface area contributed by atoms with Gasteiger partial charge in [-0.05, 0) is 62.2 Å². The minimum Gasteiger partial charge on any atom is -0.0991 e. The molecular formula is C21H36. The van der Waals surface area contributed by atoms with Crippen molar-refractivity contribution in [1.29, 1.82) is 0 Å². The van der Waals surface area contributed by atoms with E-state index in [-0.39, 0.29) is 0 Å². The molecule has 0 aliphatic heterocycles. The van der Waals surface area contributed by atoms with E-state index in [4.69, 9.17) is 0 Å². The van der Waals surface area contributed by atoms with Crippen molar-refractivity contribution in [3.05, 3.63) is 24.8 Å². The van der Waals surface area contributed by atoms with Crippen LogP contribution in [0.3, 0.4) is 0 Å². The standard InChI is InChI=1S/C21H36/c1-3-5-7-9-19-12-16-21(17-13-19)20-14-10-18(11-15-20)8-6-4-2/h4,6,8,18-21H,2-3,5,7,9-17H2,1H3/b8-6+. The fourth-order valence-corrected chi connectivity index (χ4v) is 4.68. The highest BCUT2D eigenvalue weighted by molar-refractivity contribution is 5.01. The smallest absolute Gasteiger partial charge is 0.0230 e. The molecule has 0 atom stereocenters. The quantitative estimate of drug-likeness (QED) is 0.352. The van der Waals surface area contributed by atoms with E-state index >= 15 is 0 Å². The summed E-state index contributed by atoms with van der Waals surface area (Å²) in [6, 6.07) is 0. The lowest BCUT2D eigenvalue weighted by atomic mass is 9.68. The van der Waals surface area contributed by atoms with Crippen LogP contribution in [0.4, 0.5) is 0 Å². The highest BCUT2D eigenvalue weighted by Gasteiger charge is 2.29. The van der Waals surface area contributed by atoms with Crippen LogP contribution in [0, 0.1) is 23.7 Å². The van der Waals surface area contributed by atoms with Crippen LogP contribution in [0.15, 0.2) is 24.8 Å². The molecular weight excluding hydrogens is 252 g/mol. The van der Waals surface area contributed by atoms with Crippen LogP contribution >= 0.6 is 0 Å². The van der Waals surface area contributed by atoms with Gasteiger partial charge in [0.15, 0.2) is 0 Å². The van der Waals surface area contributed by atoms with Crippen molar-refractivity contribution >= 4 is 0 Å². The average Bonchev–Trinajstić information content (AvgIpc) is 2.54. The maximum Gasteiger partial charge on any atom is -0.0230 e. The summed E-state index contributed by atoms with van der Waals surface area (Å²) >= 11 is 0. The van der Waals surface area contributed by atoms with E-state index in [0.717, 1.165) is 23.7 Å². The Morgan fingerprint density at radius 1 is 0.857 bits per heavy atom. The summed E-state index contributed by atoms with van der Waals surface area (Å²) in [4.78, 5) is 0. The molecule has 0 bridgehead atoms. The van der Waals surface area contributed by atoms with E-state index in [2.05, 4.69) is 25.7 Å². The van der Waals surface area contributed by atoms with Gasteiger partial charge in [0.25, 0.3) is 0 Å². The van der Waals surface area contributed by atoms with E-state index in [1.807, 2.05) is 6.08 Å². The van der Waals surface area contributed by atoms with Gasteiger partial charge >= 0.3 is 0 Å². The van der Waals surface area contributed by atoms with Crippen LogP contribution in [-0.2, 0) is 0 Å². The molecule has 120 valence electrons. The molecule has 2 aliphatic rings. The lowest BCUT2D eigenvalue weighted by Gasteiger charge is -2.37. The highest BCUT2D eigenvalue weighted by atomic mass is 14.4. The zero-order chi connectivity index (χ0) is 14.9. The van der Waals surface area contributed by atoms with Crippen LogP contribution < -0.4 is 0 Å². The third-order valence-corrected chi connectivity index (χ3v) is 6.11. The molecule has 21 heavy (non-hydrogen) atoms. The van der Waals surface area contributed by atoms with E-state index < -0.39 is 0 Å². The first-order valence-electron chi connectivity index (χ1n) is 9.62. The Morgan fingerprint density at radius 2 is 1.48 bits per heavy atom. The van der Waals surface area contributed by atoms with Gasteiger partial charge in [-0.25, -0.2) is 0 Å². The van der Waals surface area contributed by atoms with Crippen LogP contribution in [0.25, 0.3) is 0 Å². The number of rotatable bonds is 7. The molecule has 2 rings (SSSR count). The second-order valence-electron chi connectivity index (χ2n) is 7.57. The minimum absolute atomic E-state index is 0.838. The summed E-state index contributed by atoms with van der Waals surface area (Å²) in [5, 5.41) is 0. The summed E-state index contributed by atoms with van der Waals surface area (Å²) in [6.45, 7) is 6.10. The molecule has 0 spiro atoms. The van der Waals surface area contributed by atoms with Gasteiger partial charge < -0.3 is 0 Å². The molecule has 0 nitrogen and oxygen atoms in total. The molecule has 0 N–H and O–H groups in total. The van der Waals surface area contributed by atoms with Gasteiger partial charge in [-0.3, -0.25) is 0 Å². The van der Waals surface area contributed by atoms with Crippen molar-refractivity contribution < 1.29 is 0 Å². The Labute approximate surface area is 133 Å². The SMILES string of the molecule is C=C/C=C/C1CCC(C2CCC(CCCCC)CC2)CC1. The Hall–Kier alpha value is -0.520. The zero-order valence-electron chi connectivity index (χ0n) is 14.2. The highest BCUT2D eigenvalue weighted by Crippen LogP contribution is 2.42. The van der Waals surface area contributed by atoms with E-state index in [9.17, 15) is 0 Å². The van der Waals surface area contributed by atoms with E-state index in [0.29, 0.717) is 0 Å². The monoisotopic (exact) mass is 288 g/mol. The number of allylic oxidation sites excluding steroid dienone is 3. The van der Waals surface area contributed by atoms with Crippen molar-refractivity contribution in [3.63, 3.8) is 0 Å². The lowest BCUT2D eigenvalue weighted by Crippen LogP contribution is -2.25. The minimum atomic E-state index is 0.838. The molecule has 0 saturated heterocycles. The van der Waals surface area contributed by atoms with Crippen LogP contribution in [0.2, 0.25) is 0 Å². The largest absolute Gasteiger partial charge is 0.0991 e. The van der Waals surface area contributed by atoms with E-state index in [1.165, 1.54) is 77.0 Å². The van der Waals surface area contributed by atoms with Gasteiger partial charge in [0.1, 0.15) is 0 Å². The molecule has 0 heterocycles. The van der Waals surface area contributed by atoms with Gasteiger partial charge in [-0.1, -0.05) is 70.3 Å². The predicted molar refractivity (Wildman–Crippen MR) is 94.4 cm³/mol. The molecule has 2 aliphatic carbocycles. The topological polar surface area (TPSA) is 0 Å². The fraction of sp³-hybridized carbons (Fsp3) is 0.810. The van der Waals surface area contributed by atoms with Gasteiger partial charge in [-0.2, -0.15) is 0 Å². The fourth-order valence-electron chi connectivity index (χ4n) is 4.68.